The molecule has 0 saturated carbocycles. The van der Waals surface area contributed by atoms with E-state index in [0.717, 1.165) is 11.1 Å². The Kier molecular flexibility index (Phi) is 4.68. The zero-order valence-corrected chi connectivity index (χ0v) is 15.9. The lowest BCUT2D eigenvalue weighted by Crippen LogP contribution is -2.47. The largest absolute Gasteiger partial charge is 0.443 e. The molecule has 0 radical (unpaired) electrons. The summed E-state index contributed by atoms with van der Waals surface area (Å²) in [4.78, 5) is 39.8. The Labute approximate surface area is 148 Å². The summed E-state index contributed by atoms with van der Waals surface area (Å²) in [6, 6.07) is 6.28. The number of benzene rings is 1. The van der Waals surface area contributed by atoms with Gasteiger partial charge in [0.2, 0.25) is 0 Å². The standard InChI is InChI=1S/C19H26N2O4/c1-12-10-8-9-11-13(12)19(5,6)14-15(22)21(16(23)20(14)7)17(24)25-18(2,3)4/h8-11,14H,1-7H3. The molecule has 1 aliphatic rings. The van der Waals surface area contributed by atoms with E-state index in [9.17, 15) is 14.4 Å². The van der Waals surface area contributed by atoms with Crippen LogP contribution in [-0.2, 0) is 14.9 Å². The lowest BCUT2D eigenvalue weighted by molar-refractivity contribution is -0.129. The second kappa shape index (κ2) is 6.17. The Balaban J connectivity index is 2.40. The molecule has 6 nitrogen and oxygen atoms in total. The Morgan fingerprint density at radius 3 is 2.16 bits per heavy atom. The minimum absolute atomic E-state index is 0.560. The van der Waals surface area contributed by atoms with Crippen LogP contribution in [0.4, 0.5) is 9.59 Å². The van der Waals surface area contributed by atoms with Crippen molar-refractivity contribution in [1.29, 1.82) is 0 Å². The molecule has 2 rings (SSSR count). The first-order valence-corrected chi connectivity index (χ1v) is 8.28. The van der Waals surface area contributed by atoms with Crippen LogP contribution in [0, 0.1) is 6.92 Å². The first-order chi connectivity index (χ1) is 11.4. The molecule has 0 bridgehead atoms. The SMILES string of the molecule is Cc1ccccc1C(C)(C)C1C(=O)N(C(=O)OC(C)(C)C)C(=O)N1C. The molecule has 1 fully saturated rings. The van der Waals surface area contributed by atoms with Crippen LogP contribution in [0.25, 0.3) is 0 Å². The molecule has 1 heterocycles. The molecule has 136 valence electrons. The number of nitrogens with zero attached hydrogens (tertiary/aromatic N) is 2. The van der Waals surface area contributed by atoms with Crippen molar-refractivity contribution < 1.29 is 19.1 Å². The van der Waals surface area contributed by atoms with Crippen LogP contribution in [-0.4, -0.2) is 46.5 Å². The van der Waals surface area contributed by atoms with Crippen molar-refractivity contribution in [3.63, 3.8) is 0 Å². The van der Waals surface area contributed by atoms with Crippen molar-refractivity contribution in [2.24, 2.45) is 0 Å². The highest BCUT2D eigenvalue weighted by molar-refractivity contribution is 6.15. The van der Waals surface area contributed by atoms with Gasteiger partial charge in [-0.3, -0.25) is 4.79 Å². The van der Waals surface area contributed by atoms with Crippen molar-refractivity contribution in [2.75, 3.05) is 7.05 Å². The second-order valence-electron chi connectivity index (χ2n) is 7.99. The fourth-order valence-corrected chi connectivity index (χ4v) is 3.36. The third-order valence-electron chi connectivity index (χ3n) is 4.43. The van der Waals surface area contributed by atoms with Crippen LogP contribution < -0.4 is 0 Å². The Morgan fingerprint density at radius 1 is 1.08 bits per heavy atom. The number of urea groups is 1. The quantitative estimate of drug-likeness (QED) is 0.769. The van der Waals surface area contributed by atoms with Gasteiger partial charge in [-0.25, -0.2) is 9.59 Å². The fourth-order valence-electron chi connectivity index (χ4n) is 3.36. The zero-order chi connectivity index (χ0) is 19.2. The molecule has 1 atom stereocenters. The Bertz CT molecular complexity index is 718. The molecular formula is C19H26N2O4. The van der Waals surface area contributed by atoms with Crippen molar-refractivity contribution >= 4 is 18.0 Å². The maximum absolute atomic E-state index is 12.9. The average molecular weight is 346 g/mol. The molecule has 1 unspecified atom stereocenters. The molecule has 0 aliphatic carbocycles. The van der Waals surface area contributed by atoms with Gasteiger partial charge in [0.15, 0.2) is 0 Å². The highest BCUT2D eigenvalue weighted by Crippen LogP contribution is 2.36. The number of hydrogen-bond donors (Lipinski definition) is 0. The molecule has 1 aromatic carbocycles. The van der Waals surface area contributed by atoms with Gasteiger partial charge in [0.25, 0.3) is 5.91 Å². The predicted octanol–water partition coefficient (Wildman–Crippen LogP) is 3.47. The van der Waals surface area contributed by atoms with E-state index in [-0.39, 0.29) is 0 Å². The van der Waals surface area contributed by atoms with Crippen LogP contribution >= 0.6 is 0 Å². The first kappa shape index (κ1) is 19.0. The number of rotatable bonds is 2. The van der Waals surface area contributed by atoms with Gasteiger partial charge in [-0.1, -0.05) is 38.1 Å². The molecule has 25 heavy (non-hydrogen) atoms. The van der Waals surface area contributed by atoms with Crippen molar-refractivity contribution in [3.8, 4) is 0 Å². The van der Waals surface area contributed by atoms with E-state index in [2.05, 4.69) is 0 Å². The van der Waals surface area contributed by atoms with E-state index in [4.69, 9.17) is 4.74 Å². The zero-order valence-electron chi connectivity index (χ0n) is 15.9. The lowest BCUT2D eigenvalue weighted by atomic mass is 9.75. The number of likely N-dealkylation sites (N-methyl/N-ethyl adjacent to an activating group) is 1. The van der Waals surface area contributed by atoms with Crippen LogP contribution in [0.3, 0.4) is 0 Å². The maximum Gasteiger partial charge on any atom is 0.425 e. The van der Waals surface area contributed by atoms with E-state index in [0.29, 0.717) is 4.90 Å². The van der Waals surface area contributed by atoms with Crippen molar-refractivity contribution in [1.82, 2.24) is 9.80 Å². The van der Waals surface area contributed by atoms with Gasteiger partial charge in [0.1, 0.15) is 11.6 Å². The number of amides is 4. The Hall–Kier alpha value is -2.37. The van der Waals surface area contributed by atoms with Gasteiger partial charge in [-0.15, -0.1) is 0 Å². The third-order valence-corrected chi connectivity index (χ3v) is 4.43. The Morgan fingerprint density at radius 2 is 1.64 bits per heavy atom. The first-order valence-electron chi connectivity index (χ1n) is 8.28. The minimum Gasteiger partial charge on any atom is -0.443 e. The molecule has 1 aromatic rings. The van der Waals surface area contributed by atoms with Crippen LogP contribution in [0.2, 0.25) is 0 Å². The van der Waals surface area contributed by atoms with E-state index in [1.807, 2.05) is 45.0 Å². The number of hydrogen-bond acceptors (Lipinski definition) is 4. The highest BCUT2D eigenvalue weighted by atomic mass is 16.6. The van der Waals surface area contributed by atoms with Crippen LogP contribution in [0.15, 0.2) is 24.3 Å². The molecule has 1 saturated heterocycles. The van der Waals surface area contributed by atoms with E-state index < -0.39 is 35.1 Å². The molecular weight excluding hydrogens is 320 g/mol. The summed E-state index contributed by atoms with van der Waals surface area (Å²) in [7, 11) is 1.54. The summed E-state index contributed by atoms with van der Waals surface area (Å²) < 4.78 is 5.22. The van der Waals surface area contributed by atoms with Crippen molar-refractivity contribution in [2.45, 2.75) is 58.6 Å². The second-order valence-corrected chi connectivity index (χ2v) is 7.99. The fraction of sp³-hybridized carbons (Fsp3) is 0.526. The van der Waals surface area contributed by atoms with Gasteiger partial charge in [0, 0.05) is 12.5 Å². The van der Waals surface area contributed by atoms with Crippen LogP contribution in [0.5, 0.6) is 0 Å². The van der Waals surface area contributed by atoms with Gasteiger partial charge in [-0.2, -0.15) is 4.90 Å². The van der Waals surface area contributed by atoms with E-state index >= 15 is 0 Å². The number of aryl methyl sites for hydroxylation is 1. The summed E-state index contributed by atoms with van der Waals surface area (Å²) >= 11 is 0. The van der Waals surface area contributed by atoms with Gasteiger partial charge >= 0.3 is 12.1 Å². The van der Waals surface area contributed by atoms with Crippen molar-refractivity contribution in [3.05, 3.63) is 35.4 Å². The topological polar surface area (TPSA) is 66.9 Å². The molecule has 0 aromatic heterocycles. The molecule has 1 aliphatic heterocycles. The molecule has 0 N–H and O–H groups in total. The lowest BCUT2D eigenvalue weighted by Gasteiger charge is -2.35. The number of carbonyl (C=O) groups is 3. The summed E-state index contributed by atoms with van der Waals surface area (Å²) in [5.74, 6) is -0.560. The monoisotopic (exact) mass is 346 g/mol. The third kappa shape index (κ3) is 3.38. The number of ether oxygens (including phenoxy) is 1. The summed E-state index contributed by atoms with van der Waals surface area (Å²) in [5.41, 5.74) is 0.527. The average Bonchev–Trinajstić information content (AvgIpc) is 2.67. The summed E-state index contributed by atoms with van der Waals surface area (Å²) in [6.07, 6.45) is -0.933. The maximum atomic E-state index is 12.9. The van der Waals surface area contributed by atoms with Gasteiger partial charge in [0.05, 0.1) is 0 Å². The number of imide groups is 3. The molecule has 4 amide bonds. The highest BCUT2D eigenvalue weighted by Gasteiger charge is 2.54. The number of carbonyl (C=O) groups excluding carboxylic acids is 3. The molecule has 0 spiro atoms. The minimum atomic E-state index is -0.933. The summed E-state index contributed by atoms with van der Waals surface area (Å²) in [6.45, 7) is 10.8. The van der Waals surface area contributed by atoms with Gasteiger partial charge < -0.3 is 9.64 Å². The van der Waals surface area contributed by atoms with Crippen LogP contribution in [0.1, 0.15) is 45.7 Å². The normalized spacial score (nSPS) is 18.8. The smallest absolute Gasteiger partial charge is 0.425 e. The summed E-state index contributed by atoms with van der Waals surface area (Å²) in [5, 5.41) is 0. The predicted molar refractivity (Wildman–Crippen MR) is 94.2 cm³/mol. The van der Waals surface area contributed by atoms with E-state index in [1.54, 1.807) is 20.8 Å². The van der Waals surface area contributed by atoms with Gasteiger partial charge in [-0.05, 0) is 38.8 Å². The molecule has 6 heteroatoms. The van der Waals surface area contributed by atoms with E-state index in [1.165, 1.54) is 11.9 Å².